The third-order valence-electron chi connectivity index (χ3n) is 2.81. The van der Waals surface area contributed by atoms with Crippen LogP contribution in [0, 0.1) is 3.57 Å². The topological polar surface area (TPSA) is 29.1 Å². The highest BCUT2D eigenvalue weighted by atomic mass is 127. The normalized spacial score (nSPS) is 11.9. The van der Waals surface area contributed by atoms with E-state index in [1.807, 2.05) is 49.4 Å². The van der Waals surface area contributed by atoms with Gasteiger partial charge in [0, 0.05) is 14.2 Å². The molecule has 0 heterocycles. The number of amides is 1. The van der Waals surface area contributed by atoms with E-state index in [0.29, 0.717) is 10.6 Å². The standard InChI is InChI=1S/C15H13ClINO/c1-10(13-7-2-3-8-14(13)16)18-15(19)11-5-4-6-12(17)9-11/h2-10H,1H3,(H,18,19)/t10-/m1/s1. The Balaban J connectivity index is 2.13. The Bertz CT molecular complexity index is 600. The molecule has 1 atom stereocenters. The van der Waals surface area contributed by atoms with E-state index in [0.717, 1.165) is 9.13 Å². The molecule has 0 radical (unpaired) electrons. The van der Waals surface area contributed by atoms with E-state index < -0.39 is 0 Å². The van der Waals surface area contributed by atoms with Crippen LogP contribution in [0.3, 0.4) is 0 Å². The summed E-state index contributed by atoms with van der Waals surface area (Å²) >= 11 is 8.31. The van der Waals surface area contributed by atoms with Gasteiger partial charge in [-0.05, 0) is 59.3 Å². The second kappa shape index (κ2) is 6.39. The maximum Gasteiger partial charge on any atom is 0.251 e. The average molecular weight is 386 g/mol. The zero-order valence-corrected chi connectivity index (χ0v) is 13.3. The fraction of sp³-hybridized carbons (Fsp3) is 0.133. The van der Waals surface area contributed by atoms with Crippen molar-refractivity contribution in [3.63, 3.8) is 0 Å². The van der Waals surface area contributed by atoms with Crippen LogP contribution in [-0.4, -0.2) is 5.91 Å². The number of rotatable bonds is 3. The van der Waals surface area contributed by atoms with Crippen molar-refractivity contribution in [2.45, 2.75) is 13.0 Å². The Morgan fingerprint density at radius 3 is 2.63 bits per heavy atom. The van der Waals surface area contributed by atoms with Crippen molar-refractivity contribution in [2.24, 2.45) is 0 Å². The lowest BCUT2D eigenvalue weighted by atomic mass is 10.1. The number of hydrogen-bond acceptors (Lipinski definition) is 1. The molecular weight excluding hydrogens is 373 g/mol. The maximum absolute atomic E-state index is 12.1. The Labute approximate surface area is 131 Å². The lowest BCUT2D eigenvalue weighted by molar-refractivity contribution is 0.0940. The first kappa shape index (κ1) is 14.3. The van der Waals surface area contributed by atoms with E-state index in [9.17, 15) is 4.79 Å². The van der Waals surface area contributed by atoms with Crippen molar-refractivity contribution in [3.05, 3.63) is 68.3 Å². The zero-order valence-electron chi connectivity index (χ0n) is 10.4. The van der Waals surface area contributed by atoms with E-state index in [1.54, 1.807) is 6.07 Å². The van der Waals surface area contributed by atoms with Crippen LogP contribution in [-0.2, 0) is 0 Å². The molecule has 2 rings (SSSR count). The first-order valence-corrected chi connectivity index (χ1v) is 7.34. The van der Waals surface area contributed by atoms with Gasteiger partial charge in [-0.2, -0.15) is 0 Å². The molecule has 0 bridgehead atoms. The van der Waals surface area contributed by atoms with Gasteiger partial charge in [0.15, 0.2) is 0 Å². The van der Waals surface area contributed by atoms with Crippen LogP contribution in [0.4, 0.5) is 0 Å². The molecule has 98 valence electrons. The van der Waals surface area contributed by atoms with E-state index in [4.69, 9.17) is 11.6 Å². The smallest absolute Gasteiger partial charge is 0.251 e. The molecule has 0 saturated heterocycles. The molecule has 0 aliphatic heterocycles. The first-order chi connectivity index (χ1) is 9.08. The quantitative estimate of drug-likeness (QED) is 0.778. The van der Waals surface area contributed by atoms with Crippen molar-refractivity contribution < 1.29 is 4.79 Å². The first-order valence-electron chi connectivity index (χ1n) is 5.89. The van der Waals surface area contributed by atoms with E-state index in [2.05, 4.69) is 27.9 Å². The monoisotopic (exact) mass is 385 g/mol. The third-order valence-corrected chi connectivity index (χ3v) is 3.82. The molecule has 0 aromatic heterocycles. The third kappa shape index (κ3) is 3.70. The van der Waals surface area contributed by atoms with Crippen molar-refractivity contribution in [2.75, 3.05) is 0 Å². The van der Waals surface area contributed by atoms with Gasteiger partial charge >= 0.3 is 0 Å². The highest BCUT2D eigenvalue weighted by molar-refractivity contribution is 14.1. The molecule has 4 heteroatoms. The van der Waals surface area contributed by atoms with Crippen LogP contribution >= 0.6 is 34.2 Å². The number of carbonyl (C=O) groups is 1. The van der Waals surface area contributed by atoms with E-state index >= 15 is 0 Å². The van der Waals surface area contributed by atoms with Gasteiger partial charge < -0.3 is 5.32 Å². The minimum absolute atomic E-state index is 0.0917. The number of hydrogen-bond donors (Lipinski definition) is 1. The molecule has 1 amide bonds. The summed E-state index contributed by atoms with van der Waals surface area (Å²) < 4.78 is 1.04. The Morgan fingerprint density at radius 1 is 1.21 bits per heavy atom. The van der Waals surface area contributed by atoms with Gasteiger partial charge in [0.1, 0.15) is 0 Å². The molecule has 2 aromatic carbocycles. The predicted molar refractivity (Wildman–Crippen MR) is 86.5 cm³/mol. The van der Waals surface area contributed by atoms with Crippen LogP contribution in [0.15, 0.2) is 48.5 Å². The summed E-state index contributed by atoms with van der Waals surface area (Å²) in [6, 6.07) is 14.9. The molecule has 2 nitrogen and oxygen atoms in total. The second-order valence-electron chi connectivity index (χ2n) is 4.23. The second-order valence-corrected chi connectivity index (χ2v) is 5.88. The summed E-state index contributed by atoms with van der Waals surface area (Å²) in [5.74, 6) is -0.0917. The summed E-state index contributed by atoms with van der Waals surface area (Å²) in [5.41, 5.74) is 1.58. The molecule has 0 spiro atoms. The van der Waals surface area contributed by atoms with Crippen LogP contribution < -0.4 is 5.32 Å². The lowest BCUT2D eigenvalue weighted by Gasteiger charge is -2.15. The number of carbonyl (C=O) groups excluding carboxylic acids is 1. The molecule has 0 fully saturated rings. The van der Waals surface area contributed by atoms with Crippen LogP contribution in [0.5, 0.6) is 0 Å². The molecule has 0 saturated carbocycles. The largest absolute Gasteiger partial charge is 0.345 e. The Kier molecular flexibility index (Phi) is 4.82. The van der Waals surface area contributed by atoms with Crippen LogP contribution in [0.1, 0.15) is 28.9 Å². The van der Waals surface area contributed by atoms with Gasteiger partial charge in [0.05, 0.1) is 6.04 Å². The van der Waals surface area contributed by atoms with Crippen LogP contribution in [0.25, 0.3) is 0 Å². The van der Waals surface area contributed by atoms with E-state index in [1.165, 1.54) is 0 Å². The molecular formula is C15H13ClINO. The molecule has 0 unspecified atom stereocenters. The van der Waals surface area contributed by atoms with E-state index in [-0.39, 0.29) is 11.9 Å². The molecule has 1 N–H and O–H groups in total. The zero-order chi connectivity index (χ0) is 13.8. The van der Waals surface area contributed by atoms with Gasteiger partial charge in [-0.1, -0.05) is 35.9 Å². The van der Waals surface area contributed by atoms with Gasteiger partial charge in [-0.3, -0.25) is 4.79 Å². The minimum atomic E-state index is -0.126. The van der Waals surface area contributed by atoms with Gasteiger partial charge in [-0.25, -0.2) is 0 Å². The fourth-order valence-electron chi connectivity index (χ4n) is 1.81. The summed E-state index contributed by atoms with van der Waals surface area (Å²) in [7, 11) is 0. The average Bonchev–Trinajstić information content (AvgIpc) is 2.39. The molecule has 0 aliphatic rings. The molecule has 2 aromatic rings. The van der Waals surface area contributed by atoms with Gasteiger partial charge in [0.2, 0.25) is 0 Å². The number of halogens is 2. The van der Waals surface area contributed by atoms with Crippen molar-refractivity contribution in [3.8, 4) is 0 Å². The predicted octanol–water partition coefficient (Wildman–Crippen LogP) is 4.44. The van der Waals surface area contributed by atoms with Crippen LogP contribution in [0.2, 0.25) is 5.02 Å². The summed E-state index contributed by atoms with van der Waals surface area (Å²) in [6.45, 7) is 1.92. The minimum Gasteiger partial charge on any atom is -0.345 e. The summed E-state index contributed by atoms with van der Waals surface area (Å²) in [4.78, 5) is 12.1. The fourth-order valence-corrected chi connectivity index (χ4v) is 2.66. The lowest BCUT2D eigenvalue weighted by Crippen LogP contribution is -2.26. The van der Waals surface area contributed by atoms with Crippen molar-refractivity contribution in [1.29, 1.82) is 0 Å². The summed E-state index contributed by atoms with van der Waals surface area (Å²) in [5, 5.41) is 3.62. The van der Waals surface area contributed by atoms with Gasteiger partial charge in [0.25, 0.3) is 5.91 Å². The van der Waals surface area contributed by atoms with Gasteiger partial charge in [-0.15, -0.1) is 0 Å². The number of benzene rings is 2. The molecule has 19 heavy (non-hydrogen) atoms. The number of nitrogens with one attached hydrogen (secondary N) is 1. The van der Waals surface area contributed by atoms with Crippen molar-refractivity contribution in [1.82, 2.24) is 5.32 Å². The Hall–Kier alpha value is -1.07. The summed E-state index contributed by atoms with van der Waals surface area (Å²) in [6.07, 6.45) is 0. The van der Waals surface area contributed by atoms with Crippen molar-refractivity contribution >= 4 is 40.1 Å². The maximum atomic E-state index is 12.1. The molecule has 0 aliphatic carbocycles. The SMILES string of the molecule is C[C@@H](NC(=O)c1cccc(I)c1)c1ccccc1Cl. The highest BCUT2D eigenvalue weighted by Gasteiger charge is 2.13. The Morgan fingerprint density at radius 2 is 1.95 bits per heavy atom. The highest BCUT2D eigenvalue weighted by Crippen LogP contribution is 2.22.